The van der Waals surface area contributed by atoms with Crippen molar-refractivity contribution in [2.75, 3.05) is 25.0 Å². The maximum absolute atomic E-state index is 12.6. The smallest absolute Gasteiger partial charge is 0.251 e. The number of aliphatic hydroxyl groups is 1. The minimum atomic E-state index is -0.670. The molecule has 0 spiro atoms. The van der Waals surface area contributed by atoms with Crippen LogP contribution < -0.4 is 15.4 Å². The van der Waals surface area contributed by atoms with E-state index in [9.17, 15) is 9.90 Å². The Morgan fingerprint density at radius 2 is 2.19 bits per heavy atom. The van der Waals surface area contributed by atoms with Gasteiger partial charge in [0, 0.05) is 44.0 Å². The Morgan fingerprint density at radius 3 is 2.95 bits per heavy atom. The molecule has 1 amide bonds. The second-order valence-corrected chi connectivity index (χ2v) is 10.5. The molecule has 196 valence electrons. The molecule has 0 radical (unpaired) electrons. The lowest BCUT2D eigenvalue weighted by Gasteiger charge is -2.31. The van der Waals surface area contributed by atoms with E-state index in [1.54, 1.807) is 18.3 Å². The number of carbonyl (C=O) groups excluding carboxylic acids is 1. The summed E-state index contributed by atoms with van der Waals surface area (Å²) in [5.74, 6) is 2.00. The zero-order valence-electron chi connectivity index (χ0n) is 20.9. The van der Waals surface area contributed by atoms with Crippen LogP contribution in [0.4, 0.5) is 5.82 Å². The van der Waals surface area contributed by atoms with Crippen LogP contribution in [0.5, 0.6) is 5.75 Å². The number of aromatic nitrogens is 2. The van der Waals surface area contributed by atoms with E-state index in [4.69, 9.17) is 9.15 Å². The fraction of sp³-hybridized carbons (Fsp3) is 0.444. The maximum atomic E-state index is 12.6. The van der Waals surface area contributed by atoms with Gasteiger partial charge in [0.25, 0.3) is 5.91 Å². The number of anilines is 1. The van der Waals surface area contributed by atoms with E-state index < -0.39 is 6.10 Å². The van der Waals surface area contributed by atoms with Gasteiger partial charge in [-0.05, 0) is 77.9 Å². The van der Waals surface area contributed by atoms with E-state index in [2.05, 4.69) is 47.5 Å². The molecule has 0 unspecified atom stereocenters. The van der Waals surface area contributed by atoms with Crippen molar-refractivity contribution < 1.29 is 19.1 Å². The average Bonchev–Trinajstić information content (AvgIpc) is 3.29. The average molecular weight is 570 g/mol. The van der Waals surface area contributed by atoms with Crippen LogP contribution in [0.1, 0.15) is 52.2 Å². The van der Waals surface area contributed by atoms with Crippen LogP contribution in [0.25, 0.3) is 0 Å². The first-order valence-electron chi connectivity index (χ1n) is 12.7. The van der Waals surface area contributed by atoms with Crippen molar-refractivity contribution in [3.63, 3.8) is 0 Å². The standard InChI is InChI=1S/C27H32BrN5O4/c1-17-24(37-16-31-17)15-36-23-6-5-19-13-33(10-8-22(19)26(23)28)14-21(34)12-30-27(35)18-7-9-29-25(11-18)32-20-3-2-4-20/h5-7,9,11,16,20-21,34H,2-4,8,10,12-15H2,1H3,(H,29,32)(H,30,35)/t21-/m0/s1. The summed E-state index contributed by atoms with van der Waals surface area (Å²) in [6.45, 7) is 4.41. The predicted octanol–water partition coefficient (Wildman–Crippen LogP) is 3.83. The van der Waals surface area contributed by atoms with Gasteiger partial charge < -0.3 is 24.9 Å². The van der Waals surface area contributed by atoms with Crippen molar-refractivity contribution in [1.82, 2.24) is 20.2 Å². The van der Waals surface area contributed by atoms with Crippen molar-refractivity contribution >= 4 is 27.7 Å². The summed E-state index contributed by atoms with van der Waals surface area (Å²) < 4.78 is 12.3. The van der Waals surface area contributed by atoms with Crippen molar-refractivity contribution in [2.24, 2.45) is 0 Å². The van der Waals surface area contributed by atoms with Gasteiger partial charge >= 0.3 is 0 Å². The van der Waals surface area contributed by atoms with Gasteiger partial charge in [-0.15, -0.1) is 0 Å². The molecule has 0 saturated heterocycles. The number of ether oxygens (including phenoxy) is 1. The lowest BCUT2D eigenvalue weighted by atomic mass is 9.93. The molecule has 1 aromatic carbocycles. The molecule has 3 heterocycles. The molecule has 1 fully saturated rings. The number of hydrogen-bond donors (Lipinski definition) is 3. The summed E-state index contributed by atoms with van der Waals surface area (Å²) in [7, 11) is 0. The topological polar surface area (TPSA) is 113 Å². The molecule has 1 atom stereocenters. The van der Waals surface area contributed by atoms with Crippen LogP contribution in [0, 0.1) is 6.92 Å². The molecular formula is C27H32BrN5O4. The number of β-amino-alcohol motifs (C(OH)–C–C–N with tert-alkyl or cyclic N) is 1. The third-order valence-electron chi connectivity index (χ3n) is 7.03. The number of hydrogen-bond acceptors (Lipinski definition) is 8. The monoisotopic (exact) mass is 569 g/mol. The van der Waals surface area contributed by atoms with Gasteiger partial charge in [0.2, 0.25) is 0 Å². The first kappa shape index (κ1) is 25.7. The van der Waals surface area contributed by atoms with Crippen LogP contribution in [0.2, 0.25) is 0 Å². The number of aryl methyl sites for hydroxylation is 1. The molecule has 5 rings (SSSR count). The fourth-order valence-corrected chi connectivity index (χ4v) is 5.31. The van der Waals surface area contributed by atoms with E-state index in [1.807, 2.05) is 13.0 Å². The first-order valence-corrected chi connectivity index (χ1v) is 13.5. The second-order valence-electron chi connectivity index (χ2n) is 9.72. The molecule has 2 aromatic heterocycles. The summed E-state index contributed by atoms with van der Waals surface area (Å²) in [5, 5.41) is 16.8. The highest BCUT2D eigenvalue weighted by atomic mass is 79.9. The number of carbonyl (C=O) groups is 1. The normalized spacial score (nSPS) is 16.5. The largest absolute Gasteiger partial charge is 0.484 e. The lowest BCUT2D eigenvalue weighted by molar-refractivity contribution is 0.0841. The van der Waals surface area contributed by atoms with E-state index in [-0.39, 0.29) is 12.5 Å². The predicted molar refractivity (Wildman–Crippen MR) is 143 cm³/mol. The number of pyridine rings is 1. The molecule has 37 heavy (non-hydrogen) atoms. The highest BCUT2D eigenvalue weighted by Gasteiger charge is 2.23. The van der Waals surface area contributed by atoms with Gasteiger partial charge in [0.05, 0.1) is 16.3 Å². The van der Waals surface area contributed by atoms with Gasteiger partial charge in [0.1, 0.15) is 18.2 Å². The third-order valence-corrected chi connectivity index (χ3v) is 7.90. The molecule has 10 heteroatoms. The Bertz CT molecular complexity index is 1250. The van der Waals surface area contributed by atoms with Crippen LogP contribution in [-0.2, 0) is 19.6 Å². The van der Waals surface area contributed by atoms with Crippen molar-refractivity contribution in [1.29, 1.82) is 0 Å². The molecule has 1 aliphatic heterocycles. The molecular weight excluding hydrogens is 538 g/mol. The Hall–Kier alpha value is -2.95. The van der Waals surface area contributed by atoms with Crippen molar-refractivity contribution in [3.8, 4) is 5.75 Å². The quantitative estimate of drug-likeness (QED) is 0.337. The van der Waals surface area contributed by atoms with Crippen LogP contribution in [-0.4, -0.2) is 57.7 Å². The SMILES string of the molecule is Cc1ncoc1COc1ccc2c(c1Br)CCN(C[C@@H](O)CNC(=O)c1ccnc(NC3CCC3)c1)C2. The highest BCUT2D eigenvalue weighted by Crippen LogP contribution is 2.35. The molecule has 1 aliphatic carbocycles. The zero-order chi connectivity index (χ0) is 25.8. The number of halogens is 1. The summed E-state index contributed by atoms with van der Waals surface area (Å²) in [6, 6.07) is 7.94. The maximum Gasteiger partial charge on any atom is 0.251 e. The minimum Gasteiger partial charge on any atom is -0.484 e. The van der Waals surface area contributed by atoms with Gasteiger partial charge in [-0.3, -0.25) is 9.69 Å². The first-order chi connectivity index (χ1) is 18.0. The molecule has 2 aliphatic rings. The molecule has 3 aromatic rings. The van der Waals surface area contributed by atoms with Crippen molar-refractivity contribution in [2.45, 2.75) is 57.9 Å². The van der Waals surface area contributed by atoms with Crippen LogP contribution >= 0.6 is 15.9 Å². The van der Waals surface area contributed by atoms with Gasteiger partial charge in [0.15, 0.2) is 12.2 Å². The van der Waals surface area contributed by atoms with Crippen LogP contribution in [0.3, 0.4) is 0 Å². The van der Waals surface area contributed by atoms with E-state index in [0.29, 0.717) is 30.5 Å². The number of benzene rings is 1. The summed E-state index contributed by atoms with van der Waals surface area (Å²) >= 11 is 3.71. The van der Waals surface area contributed by atoms with E-state index in [0.717, 1.165) is 54.1 Å². The number of aliphatic hydroxyl groups excluding tert-OH is 1. The van der Waals surface area contributed by atoms with E-state index >= 15 is 0 Å². The molecule has 0 bridgehead atoms. The Balaban J connectivity index is 1.10. The summed E-state index contributed by atoms with van der Waals surface area (Å²) in [4.78, 5) is 23.2. The van der Waals surface area contributed by atoms with E-state index in [1.165, 1.54) is 23.9 Å². The zero-order valence-corrected chi connectivity index (χ0v) is 22.5. The van der Waals surface area contributed by atoms with Gasteiger partial charge in [-0.1, -0.05) is 6.07 Å². The fourth-order valence-electron chi connectivity index (χ4n) is 4.61. The minimum absolute atomic E-state index is 0.188. The molecule has 1 saturated carbocycles. The number of rotatable bonds is 10. The van der Waals surface area contributed by atoms with Gasteiger partial charge in [-0.2, -0.15) is 0 Å². The number of fused-ring (bicyclic) bond motifs is 1. The Kier molecular flexibility index (Phi) is 8.07. The molecule has 3 N–H and O–H groups in total. The lowest BCUT2D eigenvalue weighted by Crippen LogP contribution is -2.42. The Morgan fingerprint density at radius 1 is 1.32 bits per heavy atom. The number of nitrogens with zero attached hydrogens (tertiary/aromatic N) is 3. The second kappa shape index (κ2) is 11.6. The summed E-state index contributed by atoms with van der Waals surface area (Å²) in [6.07, 6.45) is 6.74. The number of amides is 1. The van der Waals surface area contributed by atoms with Gasteiger partial charge in [-0.25, -0.2) is 9.97 Å². The van der Waals surface area contributed by atoms with Crippen molar-refractivity contribution in [3.05, 3.63) is 69.5 Å². The molecule has 9 nitrogen and oxygen atoms in total. The van der Waals surface area contributed by atoms with Crippen LogP contribution in [0.15, 0.2) is 45.7 Å². The Labute approximate surface area is 224 Å². The number of nitrogens with one attached hydrogen (secondary N) is 2. The highest BCUT2D eigenvalue weighted by molar-refractivity contribution is 9.10. The summed E-state index contributed by atoms with van der Waals surface area (Å²) in [5.41, 5.74) is 3.78. The number of oxazole rings is 1. The third kappa shape index (κ3) is 6.31.